The van der Waals surface area contributed by atoms with E-state index in [1.807, 2.05) is 29.5 Å². The smallest absolute Gasteiger partial charge is 0.164 e. The molecule has 3 aliphatic rings. The Morgan fingerprint density at radius 3 is 2.00 bits per heavy atom. The number of nitrogens with zero attached hydrogens (tertiary/aromatic N) is 4. The number of fused-ring (bicyclic) bond motifs is 7. The lowest BCUT2D eigenvalue weighted by atomic mass is 9.62. The van der Waals surface area contributed by atoms with Crippen molar-refractivity contribution < 1.29 is 0 Å². The van der Waals surface area contributed by atoms with Crippen LogP contribution >= 0.6 is 11.3 Å². The number of rotatable bonds is 4. The molecular weight excluding hydrogens is 653 g/mol. The Labute approximate surface area is 309 Å². The van der Waals surface area contributed by atoms with Crippen molar-refractivity contribution in [1.29, 1.82) is 0 Å². The first-order chi connectivity index (χ1) is 25.2. The minimum absolute atomic E-state index is 0.125. The molecule has 5 aromatic carbocycles. The van der Waals surface area contributed by atoms with Crippen molar-refractivity contribution in [3.8, 4) is 34.2 Å². The average molecular weight is 693 g/mol. The Morgan fingerprint density at radius 1 is 0.577 bits per heavy atom. The van der Waals surface area contributed by atoms with Gasteiger partial charge in [-0.3, -0.25) is 0 Å². The van der Waals surface area contributed by atoms with Crippen LogP contribution in [0.15, 0.2) is 133 Å². The largest absolute Gasteiger partial charge is 0.333 e. The highest BCUT2D eigenvalue weighted by Crippen LogP contribution is 2.54. The highest BCUT2D eigenvalue weighted by atomic mass is 32.1. The van der Waals surface area contributed by atoms with Crippen molar-refractivity contribution in [3.63, 3.8) is 0 Å². The van der Waals surface area contributed by atoms with Crippen LogP contribution in [0.1, 0.15) is 63.1 Å². The Kier molecular flexibility index (Phi) is 6.97. The maximum atomic E-state index is 5.19. The van der Waals surface area contributed by atoms with E-state index in [1.165, 1.54) is 55.4 Å². The summed E-state index contributed by atoms with van der Waals surface area (Å²) in [5.74, 6) is 2.32. The van der Waals surface area contributed by atoms with Gasteiger partial charge in [0.1, 0.15) is 0 Å². The quantitative estimate of drug-likeness (QED) is 0.184. The number of anilines is 2. The fourth-order valence-electron chi connectivity index (χ4n) is 8.71. The highest BCUT2D eigenvalue weighted by Gasteiger charge is 2.43. The van der Waals surface area contributed by atoms with E-state index in [0.29, 0.717) is 23.4 Å². The van der Waals surface area contributed by atoms with E-state index in [9.17, 15) is 0 Å². The maximum absolute atomic E-state index is 5.19. The molecule has 3 heterocycles. The molecule has 0 radical (unpaired) electrons. The van der Waals surface area contributed by atoms with E-state index >= 15 is 0 Å². The first-order valence-corrected chi connectivity index (χ1v) is 19.2. The third-order valence-corrected chi connectivity index (χ3v) is 12.9. The van der Waals surface area contributed by atoms with Crippen LogP contribution in [0, 0.1) is 0 Å². The number of hydrogen-bond donors (Lipinski definition) is 0. The SMILES string of the molecule is CC1(C)CCC(C)(C)c2cc3c(cc21)C1C=CC=CC1N3c1cccc(-c2nc(-c3ccccc3)nc(-c3ccc4sc5ccccc5c4c3)n2)c1. The number of thiophene rings is 1. The van der Waals surface area contributed by atoms with Gasteiger partial charge >= 0.3 is 0 Å². The molecule has 2 atom stereocenters. The van der Waals surface area contributed by atoms with Gasteiger partial charge in [0.2, 0.25) is 0 Å². The van der Waals surface area contributed by atoms with Gasteiger partial charge in [0.25, 0.3) is 0 Å². The van der Waals surface area contributed by atoms with Crippen LogP contribution < -0.4 is 4.90 Å². The highest BCUT2D eigenvalue weighted by molar-refractivity contribution is 7.25. The summed E-state index contributed by atoms with van der Waals surface area (Å²) in [5.41, 5.74) is 10.1. The summed E-state index contributed by atoms with van der Waals surface area (Å²) < 4.78 is 2.55. The minimum Gasteiger partial charge on any atom is -0.333 e. The predicted molar refractivity (Wildman–Crippen MR) is 218 cm³/mol. The van der Waals surface area contributed by atoms with Gasteiger partial charge in [-0.25, -0.2) is 15.0 Å². The van der Waals surface area contributed by atoms with Crippen molar-refractivity contribution in [2.45, 2.75) is 63.3 Å². The van der Waals surface area contributed by atoms with E-state index in [4.69, 9.17) is 15.0 Å². The average Bonchev–Trinajstić information content (AvgIpc) is 3.71. The molecule has 4 nitrogen and oxygen atoms in total. The summed E-state index contributed by atoms with van der Waals surface area (Å²) in [5, 5.41) is 2.49. The second kappa shape index (κ2) is 11.6. The Bertz CT molecular complexity index is 2610. The van der Waals surface area contributed by atoms with E-state index in [2.05, 4.69) is 148 Å². The van der Waals surface area contributed by atoms with Gasteiger partial charge in [0, 0.05) is 54.2 Å². The molecule has 10 rings (SSSR count). The standard InChI is InChI=1S/C47H40N4S/c1-46(2)23-24-47(3,4)38-28-40-35(27-37(38)46)33-17-8-10-19-39(33)51(40)32-16-12-15-30(25-32)44-48-43(29-13-6-5-7-14-29)49-45(50-44)31-21-22-42-36(26-31)34-18-9-11-20-41(34)52-42/h5-22,25-28,33,39H,23-24H2,1-4H3. The summed E-state index contributed by atoms with van der Waals surface area (Å²) >= 11 is 1.82. The molecule has 0 saturated heterocycles. The van der Waals surface area contributed by atoms with Crippen LogP contribution in [0.5, 0.6) is 0 Å². The lowest BCUT2D eigenvalue weighted by Crippen LogP contribution is -2.34. The fourth-order valence-corrected chi connectivity index (χ4v) is 9.79. The topological polar surface area (TPSA) is 41.9 Å². The molecule has 0 spiro atoms. The van der Waals surface area contributed by atoms with E-state index in [-0.39, 0.29) is 16.9 Å². The van der Waals surface area contributed by atoms with Crippen LogP contribution in [-0.2, 0) is 10.8 Å². The van der Waals surface area contributed by atoms with Gasteiger partial charge in [-0.05, 0) is 82.8 Å². The van der Waals surface area contributed by atoms with Crippen molar-refractivity contribution in [1.82, 2.24) is 15.0 Å². The van der Waals surface area contributed by atoms with Gasteiger partial charge in [-0.2, -0.15) is 0 Å². The molecule has 2 aromatic heterocycles. The molecular formula is C47H40N4S. The third kappa shape index (κ3) is 4.97. The molecule has 5 heteroatoms. The first kappa shape index (κ1) is 31.4. The van der Waals surface area contributed by atoms with Crippen molar-refractivity contribution in [3.05, 3.63) is 150 Å². The second-order valence-electron chi connectivity index (χ2n) is 15.9. The fraction of sp³-hybridized carbons (Fsp3) is 0.213. The molecule has 0 saturated carbocycles. The summed E-state index contributed by atoms with van der Waals surface area (Å²) in [6.07, 6.45) is 11.6. The number of benzene rings is 5. The minimum atomic E-state index is 0.125. The number of allylic oxidation sites excluding steroid dienone is 2. The maximum Gasteiger partial charge on any atom is 0.164 e. The molecule has 2 aliphatic carbocycles. The number of hydrogen-bond acceptors (Lipinski definition) is 5. The summed E-state index contributed by atoms with van der Waals surface area (Å²) in [6.45, 7) is 9.68. The van der Waals surface area contributed by atoms with Crippen molar-refractivity contribution in [2.75, 3.05) is 4.90 Å². The molecule has 1 aliphatic heterocycles. The Morgan fingerprint density at radius 2 is 1.21 bits per heavy atom. The third-order valence-electron chi connectivity index (χ3n) is 11.7. The molecule has 52 heavy (non-hydrogen) atoms. The normalized spacial score (nSPS) is 19.5. The van der Waals surface area contributed by atoms with Crippen LogP contribution in [0.4, 0.5) is 11.4 Å². The van der Waals surface area contributed by atoms with Gasteiger partial charge in [0.05, 0.1) is 6.04 Å². The van der Waals surface area contributed by atoms with Gasteiger partial charge in [-0.15, -0.1) is 11.3 Å². The Hall–Kier alpha value is -5.39. The molecule has 0 bridgehead atoms. The van der Waals surface area contributed by atoms with E-state index in [1.54, 1.807) is 0 Å². The van der Waals surface area contributed by atoms with Gasteiger partial charge in [0.15, 0.2) is 17.5 Å². The zero-order valence-corrected chi connectivity index (χ0v) is 30.8. The molecule has 2 unspecified atom stereocenters. The van der Waals surface area contributed by atoms with Crippen molar-refractivity contribution in [2.24, 2.45) is 0 Å². The Balaban J connectivity index is 1.12. The van der Waals surface area contributed by atoms with Crippen LogP contribution in [0.3, 0.4) is 0 Å². The number of aromatic nitrogens is 3. The van der Waals surface area contributed by atoms with E-state index < -0.39 is 0 Å². The zero-order valence-electron chi connectivity index (χ0n) is 30.0. The van der Waals surface area contributed by atoms with Crippen LogP contribution in [-0.4, -0.2) is 21.0 Å². The van der Waals surface area contributed by atoms with Crippen molar-refractivity contribution >= 4 is 42.9 Å². The predicted octanol–water partition coefficient (Wildman–Crippen LogP) is 12.3. The second-order valence-corrected chi connectivity index (χ2v) is 17.0. The lowest BCUT2D eigenvalue weighted by molar-refractivity contribution is 0.332. The molecule has 254 valence electrons. The molecule has 0 fully saturated rings. The summed E-state index contributed by atoms with van der Waals surface area (Å²) in [6, 6.07) is 39.5. The molecule has 0 amide bonds. The van der Waals surface area contributed by atoms with Crippen LogP contribution in [0.25, 0.3) is 54.3 Å². The van der Waals surface area contributed by atoms with Gasteiger partial charge < -0.3 is 4.90 Å². The molecule has 7 aromatic rings. The zero-order chi connectivity index (χ0) is 35.2. The first-order valence-electron chi connectivity index (χ1n) is 18.4. The monoisotopic (exact) mass is 692 g/mol. The summed E-state index contributed by atoms with van der Waals surface area (Å²) in [4.78, 5) is 17.9. The lowest BCUT2D eigenvalue weighted by Gasteiger charge is -2.42. The van der Waals surface area contributed by atoms with E-state index in [0.717, 1.165) is 22.4 Å². The molecule has 0 N–H and O–H groups in total. The summed E-state index contributed by atoms with van der Waals surface area (Å²) in [7, 11) is 0. The van der Waals surface area contributed by atoms with Crippen LogP contribution in [0.2, 0.25) is 0 Å². The van der Waals surface area contributed by atoms with Gasteiger partial charge in [-0.1, -0.05) is 119 Å².